The van der Waals surface area contributed by atoms with Crippen molar-refractivity contribution in [2.45, 2.75) is 6.92 Å². The van der Waals surface area contributed by atoms with Crippen molar-refractivity contribution in [3.05, 3.63) is 59.9 Å². The molecule has 1 aliphatic rings. The normalized spacial score (nSPS) is 13.9. The predicted octanol–water partition coefficient (Wildman–Crippen LogP) is 2.86. The van der Waals surface area contributed by atoms with E-state index in [4.69, 9.17) is 15.2 Å². The van der Waals surface area contributed by atoms with Crippen LogP contribution in [-0.2, 0) is 4.74 Å². The number of carbonyl (C=O) groups excluding carboxylic acids is 1. The second-order valence-corrected chi connectivity index (χ2v) is 7.12. The fourth-order valence-corrected chi connectivity index (χ4v) is 3.50. The molecule has 1 aliphatic heterocycles. The zero-order valence-electron chi connectivity index (χ0n) is 17.1. The summed E-state index contributed by atoms with van der Waals surface area (Å²) in [5.41, 5.74) is 10.0. The Hall–Kier alpha value is -3.52. The van der Waals surface area contributed by atoms with Gasteiger partial charge in [-0.3, -0.25) is 4.79 Å². The third kappa shape index (κ3) is 4.08. The van der Waals surface area contributed by atoms with Crippen molar-refractivity contribution in [3.63, 3.8) is 0 Å². The molecule has 4 rings (SSSR count). The number of nitrogens with one attached hydrogen (secondary N) is 1. The number of nitrogen functional groups attached to an aromatic ring is 1. The highest BCUT2D eigenvalue weighted by Crippen LogP contribution is 2.31. The topological polar surface area (TPSA) is 94.6 Å². The highest BCUT2D eigenvalue weighted by Gasteiger charge is 2.19. The first kappa shape index (κ1) is 19.8. The van der Waals surface area contributed by atoms with Gasteiger partial charge in [-0.25, -0.2) is 4.68 Å². The number of aryl methyl sites for hydroxylation is 1. The van der Waals surface area contributed by atoms with E-state index < -0.39 is 0 Å². The average molecular weight is 407 g/mol. The molecule has 1 aromatic heterocycles. The zero-order chi connectivity index (χ0) is 21.1. The molecule has 0 aliphatic carbocycles. The summed E-state index contributed by atoms with van der Waals surface area (Å²) in [5, 5.41) is 7.40. The number of nitrogens with two attached hydrogens (primary N) is 1. The smallest absolute Gasteiger partial charge is 0.274 e. The lowest BCUT2D eigenvalue weighted by molar-refractivity contribution is 0.101. The van der Waals surface area contributed by atoms with Crippen molar-refractivity contribution in [1.82, 2.24) is 9.78 Å². The zero-order valence-corrected chi connectivity index (χ0v) is 17.1. The molecule has 3 N–H and O–H groups in total. The van der Waals surface area contributed by atoms with Gasteiger partial charge in [-0.2, -0.15) is 5.10 Å². The van der Waals surface area contributed by atoms with Crippen LogP contribution in [0.2, 0.25) is 0 Å². The van der Waals surface area contributed by atoms with E-state index in [2.05, 4.69) is 15.3 Å². The Morgan fingerprint density at radius 1 is 1.13 bits per heavy atom. The lowest BCUT2D eigenvalue weighted by atomic mass is 10.2. The van der Waals surface area contributed by atoms with Gasteiger partial charge in [0.2, 0.25) is 0 Å². The van der Waals surface area contributed by atoms with Gasteiger partial charge < -0.3 is 25.4 Å². The number of hydrogen-bond acceptors (Lipinski definition) is 6. The quantitative estimate of drug-likeness (QED) is 0.632. The molecule has 0 unspecified atom stereocenters. The van der Waals surface area contributed by atoms with Gasteiger partial charge in [-0.05, 0) is 43.3 Å². The van der Waals surface area contributed by atoms with E-state index >= 15 is 0 Å². The summed E-state index contributed by atoms with van der Waals surface area (Å²) >= 11 is 0. The third-order valence-electron chi connectivity index (χ3n) is 4.99. The number of nitrogens with zero attached hydrogens (tertiary/aromatic N) is 3. The van der Waals surface area contributed by atoms with Crippen molar-refractivity contribution in [2.75, 3.05) is 49.4 Å². The van der Waals surface area contributed by atoms with Crippen LogP contribution in [0.5, 0.6) is 5.75 Å². The molecule has 1 saturated heterocycles. The van der Waals surface area contributed by atoms with E-state index in [1.165, 1.54) is 0 Å². The van der Waals surface area contributed by atoms with Gasteiger partial charge in [0.1, 0.15) is 11.4 Å². The van der Waals surface area contributed by atoms with Crippen LogP contribution in [0.15, 0.2) is 48.5 Å². The maximum atomic E-state index is 13.1. The summed E-state index contributed by atoms with van der Waals surface area (Å²) in [6, 6.07) is 14.8. The summed E-state index contributed by atoms with van der Waals surface area (Å²) in [6.45, 7) is 4.90. The summed E-state index contributed by atoms with van der Waals surface area (Å²) in [7, 11) is 1.59. The molecule has 2 aromatic carbocycles. The molecule has 0 atom stereocenters. The third-order valence-corrected chi connectivity index (χ3v) is 4.99. The summed E-state index contributed by atoms with van der Waals surface area (Å²) in [5.74, 6) is 0.314. The van der Waals surface area contributed by atoms with Crippen molar-refractivity contribution in [2.24, 2.45) is 0 Å². The first-order chi connectivity index (χ1) is 14.5. The number of benzene rings is 2. The summed E-state index contributed by atoms with van der Waals surface area (Å²) < 4.78 is 12.5. The highest BCUT2D eigenvalue weighted by atomic mass is 16.5. The first-order valence-corrected chi connectivity index (χ1v) is 9.80. The molecule has 2 heterocycles. The lowest BCUT2D eigenvalue weighted by Gasteiger charge is -2.29. The van der Waals surface area contributed by atoms with Crippen molar-refractivity contribution >= 4 is 23.0 Å². The van der Waals surface area contributed by atoms with E-state index in [0.29, 0.717) is 36.0 Å². The number of ether oxygens (including phenoxy) is 2. The molecular formula is C22H25N5O3. The van der Waals surface area contributed by atoms with E-state index in [1.807, 2.05) is 37.3 Å². The van der Waals surface area contributed by atoms with Gasteiger partial charge in [0, 0.05) is 30.5 Å². The van der Waals surface area contributed by atoms with Gasteiger partial charge in [-0.15, -0.1) is 0 Å². The minimum atomic E-state index is -0.282. The van der Waals surface area contributed by atoms with E-state index in [9.17, 15) is 4.79 Å². The standard InChI is InChI=1S/C22H25N5O3/c1-15-12-20(27(25-15)18-5-3-4-16(23)13-18)22(28)24-19-7-6-17(14-21(19)29-2)26-8-10-30-11-9-26/h3-7,12-14H,8-11,23H2,1-2H3,(H,24,28). The summed E-state index contributed by atoms with van der Waals surface area (Å²) in [6.07, 6.45) is 0. The molecule has 3 aromatic rings. The summed E-state index contributed by atoms with van der Waals surface area (Å²) in [4.78, 5) is 15.3. The Kier molecular flexibility index (Phi) is 5.58. The van der Waals surface area contributed by atoms with E-state index in [1.54, 1.807) is 30.0 Å². The number of hydrogen-bond donors (Lipinski definition) is 2. The fourth-order valence-electron chi connectivity index (χ4n) is 3.50. The monoisotopic (exact) mass is 407 g/mol. The van der Waals surface area contributed by atoms with E-state index in [-0.39, 0.29) is 5.91 Å². The van der Waals surface area contributed by atoms with Crippen molar-refractivity contribution in [1.29, 1.82) is 0 Å². The van der Waals surface area contributed by atoms with Gasteiger partial charge in [0.05, 0.1) is 37.4 Å². The minimum Gasteiger partial charge on any atom is -0.494 e. The van der Waals surface area contributed by atoms with Gasteiger partial charge in [0.15, 0.2) is 0 Å². The molecular weight excluding hydrogens is 382 g/mol. The van der Waals surface area contributed by atoms with Gasteiger partial charge in [-0.1, -0.05) is 6.07 Å². The number of methoxy groups -OCH3 is 1. The number of amides is 1. The van der Waals surface area contributed by atoms with Crippen molar-refractivity contribution in [3.8, 4) is 11.4 Å². The maximum absolute atomic E-state index is 13.1. The number of aromatic nitrogens is 2. The van der Waals surface area contributed by atoms with E-state index in [0.717, 1.165) is 30.2 Å². The number of morpholine rings is 1. The minimum absolute atomic E-state index is 0.282. The van der Waals surface area contributed by atoms with Crippen LogP contribution in [-0.4, -0.2) is 49.1 Å². The van der Waals surface area contributed by atoms with Crippen LogP contribution < -0.4 is 20.7 Å². The highest BCUT2D eigenvalue weighted by molar-refractivity contribution is 6.04. The molecule has 30 heavy (non-hydrogen) atoms. The number of rotatable bonds is 5. The van der Waals surface area contributed by atoms with Crippen LogP contribution in [0, 0.1) is 6.92 Å². The molecule has 1 amide bonds. The van der Waals surface area contributed by atoms with Crippen molar-refractivity contribution < 1.29 is 14.3 Å². The van der Waals surface area contributed by atoms with Crippen LogP contribution in [0.1, 0.15) is 16.2 Å². The molecule has 8 heteroatoms. The molecule has 0 bridgehead atoms. The Morgan fingerprint density at radius 2 is 1.93 bits per heavy atom. The molecule has 1 fully saturated rings. The number of carbonyl (C=O) groups is 1. The molecule has 0 saturated carbocycles. The Balaban J connectivity index is 1.60. The first-order valence-electron chi connectivity index (χ1n) is 9.80. The Bertz CT molecular complexity index is 1060. The second kappa shape index (κ2) is 8.46. The number of anilines is 3. The molecule has 8 nitrogen and oxygen atoms in total. The molecule has 0 spiro atoms. The maximum Gasteiger partial charge on any atom is 0.274 e. The average Bonchev–Trinajstić information content (AvgIpc) is 3.16. The Labute approximate surface area is 175 Å². The fraction of sp³-hybridized carbons (Fsp3) is 0.273. The lowest BCUT2D eigenvalue weighted by Crippen LogP contribution is -2.36. The Morgan fingerprint density at radius 3 is 2.67 bits per heavy atom. The van der Waals surface area contributed by atoms with Crippen LogP contribution in [0.4, 0.5) is 17.1 Å². The molecule has 156 valence electrons. The second-order valence-electron chi connectivity index (χ2n) is 7.12. The SMILES string of the molecule is COc1cc(N2CCOCC2)ccc1NC(=O)c1cc(C)nn1-c1cccc(N)c1. The predicted molar refractivity (Wildman–Crippen MR) is 117 cm³/mol. The van der Waals surface area contributed by atoms with Crippen LogP contribution in [0.3, 0.4) is 0 Å². The van der Waals surface area contributed by atoms with Gasteiger partial charge in [0.25, 0.3) is 5.91 Å². The molecule has 0 radical (unpaired) electrons. The largest absolute Gasteiger partial charge is 0.494 e. The van der Waals surface area contributed by atoms with Gasteiger partial charge >= 0.3 is 0 Å². The van der Waals surface area contributed by atoms with Crippen LogP contribution >= 0.6 is 0 Å². The van der Waals surface area contributed by atoms with Crippen LogP contribution in [0.25, 0.3) is 5.69 Å².